The first-order chi connectivity index (χ1) is 11.6. The van der Waals surface area contributed by atoms with E-state index in [1.54, 1.807) is 10.3 Å². The number of likely N-dealkylation sites (N-methyl/N-ethyl adjacent to an activating group) is 1. The largest absolute Gasteiger partial charge is 0.338 e. The summed E-state index contributed by atoms with van der Waals surface area (Å²) in [5, 5.41) is 2.69. The number of rotatable bonds is 7. The molecule has 10 heteroatoms. The Labute approximate surface area is 171 Å². The molecule has 1 aromatic heterocycles. The summed E-state index contributed by atoms with van der Waals surface area (Å²) in [5.41, 5.74) is 6.01. The van der Waals surface area contributed by atoms with E-state index in [4.69, 9.17) is 5.73 Å². The number of carbonyl (C=O) groups is 2. The number of piperazine rings is 1. The van der Waals surface area contributed by atoms with E-state index in [1.807, 2.05) is 4.90 Å². The minimum Gasteiger partial charge on any atom is -0.338 e. The van der Waals surface area contributed by atoms with Gasteiger partial charge in [-0.05, 0) is 19.6 Å². The number of nitrogens with zero attached hydrogens (tertiary/aromatic N) is 4. The summed E-state index contributed by atoms with van der Waals surface area (Å²) < 4.78 is 0. The van der Waals surface area contributed by atoms with Crippen LogP contribution >= 0.6 is 36.2 Å². The molecule has 1 saturated heterocycles. The van der Waals surface area contributed by atoms with Crippen LogP contribution in [0.4, 0.5) is 0 Å². The van der Waals surface area contributed by atoms with Gasteiger partial charge in [-0.25, -0.2) is 4.98 Å². The number of halogens is 2. The van der Waals surface area contributed by atoms with Gasteiger partial charge in [0.05, 0.1) is 11.6 Å². The Balaban J connectivity index is 0.00000312. The monoisotopic (exact) mass is 425 g/mol. The van der Waals surface area contributed by atoms with Gasteiger partial charge < -0.3 is 15.5 Å². The maximum atomic E-state index is 12.5. The van der Waals surface area contributed by atoms with Crippen molar-refractivity contribution in [2.75, 3.05) is 52.4 Å². The third-order valence-corrected chi connectivity index (χ3v) is 5.21. The van der Waals surface area contributed by atoms with Crippen molar-refractivity contribution in [3.8, 4) is 0 Å². The summed E-state index contributed by atoms with van der Waals surface area (Å²) in [4.78, 5) is 34.9. The molecular weight excluding hydrogens is 397 g/mol. The van der Waals surface area contributed by atoms with Crippen LogP contribution in [0.5, 0.6) is 0 Å². The SMILES string of the molecule is CCN(CC)CC(=O)N1CCN(C(=O)c2csc(CCN)n2)CC1.Cl.Cl. The van der Waals surface area contributed by atoms with Crippen LogP contribution in [0, 0.1) is 0 Å². The number of nitrogens with two attached hydrogens (primary N) is 1. The highest BCUT2D eigenvalue weighted by molar-refractivity contribution is 7.09. The van der Waals surface area contributed by atoms with Crippen molar-refractivity contribution < 1.29 is 9.59 Å². The Hall–Kier alpha value is -0.930. The van der Waals surface area contributed by atoms with Crippen LogP contribution in [-0.4, -0.2) is 83.9 Å². The molecule has 0 aromatic carbocycles. The normalized spacial score (nSPS) is 14.0. The van der Waals surface area contributed by atoms with E-state index in [-0.39, 0.29) is 36.6 Å². The van der Waals surface area contributed by atoms with Crippen molar-refractivity contribution in [3.63, 3.8) is 0 Å². The highest BCUT2D eigenvalue weighted by Crippen LogP contribution is 2.14. The molecule has 0 aliphatic carbocycles. The molecule has 0 atom stereocenters. The highest BCUT2D eigenvalue weighted by Gasteiger charge is 2.26. The topological polar surface area (TPSA) is 82.8 Å². The van der Waals surface area contributed by atoms with Gasteiger partial charge in [0.2, 0.25) is 5.91 Å². The third kappa shape index (κ3) is 6.66. The third-order valence-electron chi connectivity index (χ3n) is 4.30. The van der Waals surface area contributed by atoms with Crippen molar-refractivity contribution in [1.82, 2.24) is 19.7 Å². The predicted molar refractivity (Wildman–Crippen MR) is 110 cm³/mol. The molecule has 2 heterocycles. The van der Waals surface area contributed by atoms with Crippen LogP contribution in [0.15, 0.2) is 5.38 Å². The molecule has 1 aromatic rings. The minimum atomic E-state index is -0.0506. The lowest BCUT2D eigenvalue weighted by Crippen LogP contribution is -2.52. The molecular formula is C16H29Cl2N5O2S. The number of aromatic nitrogens is 1. The quantitative estimate of drug-likeness (QED) is 0.707. The fourth-order valence-electron chi connectivity index (χ4n) is 2.71. The van der Waals surface area contributed by atoms with Gasteiger partial charge in [0.15, 0.2) is 0 Å². The molecule has 7 nitrogen and oxygen atoms in total. The van der Waals surface area contributed by atoms with Gasteiger partial charge >= 0.3 is 0 Å². The van der Waals surface area contributed by atoms with Gasteiger partial charge in [-0.3, -0.25) is 14.5 Å². The van der Waals surface area contributed by atoms with Gasteiger partial charge in [0.1, 0.15) is 5.69 Å². The van der Waals surface area contributed by atoms with E-state index in [1.165, 1.54) is 11.3 Å². The molecule has 1 aliphatic rings. The Bertz CT molecular complexity index is 561. The van der Waals surface area contributed by atoms with E-state index in [0.29, 0.717) is 51.4 Å². The maximum Gasteiger partial charge on any atom is 0.273 e. The summed E-state index contributed by atoms with van der Waals surface area (Å²) in [5.74, 6) is 0.0926. The molecule has 2 amide bonds. The van der Waals surface area contributed by atoms with Crippen LogP contribution in [-0.2, 0) is 11.2 Å². The lowest BCUT2D eigenvalue weighted by molar-refractivity contribution is -0.133. The van der Waals surface area contributed by atoms with E-state index < -0.39 is 0 Å². The van der Waals surface area contributed by atoms with Crippen LogP contribution in [0.2, 0.25) is 0 Å². The molecule has 0 spiro atoms. The first kappa shape index (κ1) is 25.1. The van der Waals surface area contributed by atoms with Gasteiger partial charge in [0, 0.05) is 38.0 Å². The zero-order chi connectivity index (χ0) is 17.5. The zero-order valence-corrected chi connectivity index (χ0v) is 17.8. The van der Waals surface area contributed by atoms with Crippen LogP contribution in [0.3, 0.4) is 0 Å². The number of hydrogen-bond acceptors (Lipinski definition) is 6. The predicted octanol–water partition coefficient (Wildman–Crippen LogP) is 1.11. The van der Waals surface area contributed by atoms with Crippen molar-refractivity contribution in [2.45, 2.75) is 20.3 Å². The summed E-state index contributed by atoms with van der Waals surface area (Å²) >= 11 is 1.48. The van der Waals surface area contributed by atoms with Crippen LogP contribution in [0.1, 0.15) is 29.3 Å². The lowest BCUT2D eigenvalue weighted by atomic mass is 10.2. The summed E-state index contributed by atoms with van der Waals surface area (Å²) in [6.07, 6.45) is 0.700. The second-order valence-electron chi connectivity index (χ2n) is 5.80. The fraction of sp³-hybridized carbons (Fsp3) is 0.688. The molecule has 1 fully saturated rings. The number of carbonyl (C=O) groups excluding carboxylic acids is 2. The van der Waals surface area contributed by atoms with E-state index in [2.05, 4.69) is 23.7 Å². The van der Waals surface area contributed by atoms with Gasteiger partial charge in [-0.15, -0.1) is 36.2 Å². The maximum absolute atomic E-state index is 12.5. The molecule has 0 unspecified atom stereocenters. The Morgan fingerprint density at radius 3 is 2.27 bits per heavy atom. The molecule has 1 aliphatic heterocycles. The molecule has 2 rings (SSSR count). The lowest BCUT2D eigenvalue weighted by Gasteiger charge is -2.35. The van der Waals surface area contributed by atoms with E-state index in [9.17, 15) is 9.59 Å². The molecule has 0 radical (unpaired) electrons. The summed E-state index contributed by atoms with van der Waals surface area (Å²) in [6.45, 7) is 9.14. The van der Waals surface area contributed by atoms with Crippen LogP contribution in [0.25, 0.3) is 0 Å². The minimum absolute atomic E-state index is 0. The second-order valence-corrected chi connectivity index (χ2v) is 6.74. The summed E-state index contributed by atoms with van der Waals surface area (Å²) in [6, 6.07) is 0. The van der Waals surface area contributed by atoms with Crippen LogP contribution < -0.4 is 5.73 Å². The fourth-order valence-corrected chi connectivity index (χ4v) is 3.49. The Morgan fingerprint density at radius 2 is 1.73 bits per heavy atom. The standard InChI is InChI=1S/C16H27N5O2S.2ClH/c1-3-19(4-2)11-15(22)20-7-9-21(10-8-20)16(23)13-12-24-14(18-13)5-6-17;;/h12H,3-11,17H2,1-2H3;2*1H. The van der Waals surface area contributed by atoms with Gasteiger partial charge in [0.25, 0.3) is 5.91 Å². The number of amides is 2. The zero-order valence-electron chi connectivity index (χ0n) is 15.3. The van der Waals surface area contributed by atoms with Gasteiger partial charge in [-0.1, -0.05) is 13.8 Å². The average molecular weight is 426 g/mol. The first-order valence-corrected chi connectivity index (χ1v) is 9.40. The number of thiazole rings is 1. The molecule has 2 N–H and O–H groups in total. The average Bonchev–Trinajstić information content (AvgIpc) is 3.08. The van der Waals surface area contributed by atoms with Crippen molar-refractivity contribution in [2.24, 2.45) is 5.73 Å². The van der Waals surface area contributed by atoms with Crippen molar-refractivity contribution in [3.05, 3.63) is 16.1 Å². The van der Waals surface area contributed by atoms with Gasteiger partial charge in [-0.2, -0.15) is 0 Å². The molecule has 0 saturated carbocycles. The van der Waals surface area contributed by atoms with E-state index in [0.717, 1.165) is 18.1 Å². The van der Waals surface area contributed by atoms with E-state index >= 15 is 0 Å². The smallest absolute Gasteiger partial charge is 0.273 e. The Morgan fingerprint density at radius 1 is 1.15 bits per heavy atom. The number of hydrogen-bond donors (Lipinski definition) is 1. The molecule has 150 valence electrons. The first-order valence-electron chi connectivity index (χ1n) is 8.52. The molecule has 0 bridgehead atoms. The highest BCUT2D eigenvalue weighted by atomic mass is 35.5. The summed E-state index contributed by atoms with van der Waals surface area (Å²) in [7, 11) is 0. The Kier molecular flexibility index (Phi) is 12.0. The molecule has 26 heavy (non-hydrogen) atoms. The second kappa shape index (κ2) is 12.5. The van der Waals surface area contributed by atoms with Crippen molar-refractivity contribution in [1.29, 1.82) is 0 Å². The van der Waals surface area contributed by atoms with Crippen molar-refractivity contribution >= 4 is 48.0 Å².